The van der Waals surface area contributed by atoms with Gasteiger partial charge in [-0.05, 0) is 31.3 Å². The summed E-state index contributed by atoms with van der Waals surface area (Å²) >= 11 is 0. The van der Waals surface area contributed by atoms with Crippen molar-refractivity contribution in [3.05, 3.63) is 11.6 Å². The van der Waals surface area contributed by atoms with E-state index in [4.69, 9.17) is 0 Å². The number of carbonyl (C=O) groups is 1. The highest BCUT2D eigenvalue weighted by atomic mass is 16.1. The average molecular weight is 266 g/mol. The fourth-order valence-corrected chi connectivity index (χ4v) is 2.35. The van der Waals surface area contributed by atoms with E-state index in [0.717, 1.165) is 24.7 Å². The number of rotatable bonds is 14. The van der Waals surface area contributed by atoms with Gasteiger partial charge in [0.1, 0.15) is 6.29 Å². The average Bonchev–Trinajstić information content (AvgIpc) is 2.44. The van der Waals surface area contributed by atoms with Gasteiger partial charge in [-0.15, -0.1) is 0 Å². The molecule has 0 N–H and O–H groups in total. The fraction of sp³-hybridized carbons (Fsp3) is 0.833. The maximum atomic E-state index is 10.9. The Morgan fingerprint density at radius 1 is 0.737 bits per heavy atom. The quantitative estimate of drug-likeness (QED) is 0.207. The van der Waals surface area contributed by atoms with E-state index in [9.17, 15) is 4.79 Å². The zero-order valence-electron chi connectivity index (χ0n) is 13.3. The van der Waals surface area contributed by atoms with Crippen LogP contribution in [-0.4, -0.2) is 6.29 Å². The second-order valence-electron chi connectivity index (χ2n) is 5.62. The molecule has 0 amide bonds. The molecule has 0 atom stereocenters. The summed E-state index contributed by atoms with van der Waals surface area (Å²) < 4.78 is 0. The molecule has 0 aromatic rings. The van der Waals surface area contributed by atoms with Crippen molar-refractivity contribution < 1.29 is 4.79 Å². The summed E-state index contributed by atoms with van der Waals surface area (Å²) in [4.78, 5) is 10.9. The highest BCUT2D eigenvalue weighted by molar-refractivity contribution is 5.72. The Hall–Kier alpha value is -0.590. The number of hydrogen-bond donors (Lipinski definition) is 0. The molecule has 0 aliphatic carbocycles. The van der Waals surface area contributed by atoms with E-state index in [1.807, 2.05) is 0 Å². The summed E-state index contributed by atoms with van der Waals surface area (Å²) in [5, 5.41) is 0. The summed E-state index contributed by atoms with van der Waals surface area (Å²) in [5.74, 6) is 0. The van der Waals surface area contributed by atoms with Crippen LogP contribution in [0.4, 0.5) is 0 Å². The third-order valence-electron chi connectivity index (χ3n) is 3.68. The monoisotopic (exact) mass is 266 g/mol. The topological polar surface area (TPSA) is 17.1 Å². The Bertz CT molecular complexity index is 218. The van der Waals surface area contributed by atoms with E-state index >= 15 is 0 Å². The van der Waals surface area contributed by atoms with Crippen molar-refractivity contribution in [1.82, 2.24) is 0 Å². The normalized spacial score (nSPS) is 11.8. The second-order valence-corrected chi connectivity index (χ2v) is 5.62. The lowest BCUT2D eigenvalue weighted by molar-refractivity contribution is -0.105. The zero-order chi connectivity index (χ0) is 14.2. The van der Waals surface area contributed by atoms with Crippen LogP contribution in [0.5, 0.6) is 0 Å². The zero-order valence-corrected chi connectivity index (χ0v) is 13.3. The number of allylic oxidation sites excluding steroid dienone is 2. The Balaban J connectivity index is 3.46. The van der Waals surface area contributed by atoms with Crippen molar-refractivity contribution in [2.45, 2.75) is 97.3 Å². The van der Waals surface area contributed by atoms with Crippen LogP contribution in [0.25, 0.3) is 0 Å². The molecule has 112 valence electrons. The summed E-state index contributed by atoms with van der Waals surface area (Å²) in [6.45, 7) is 4.48. The van der Waals surface area contributed by atoms with Gasteiger partial charge in [0.2, 0.25) is 0 Å². The van der Waals surface area contributed by atoms with E-state index in [1.165, 1.54) is 70.6 Å². The molecule has 0 aliphatic rings. The van der Waals surface area contributed by atoms with Crippen molar-refractivity contribution in [3.63, 3.8) is 0 Å². The summed E-state index contributed by atoms with van der Waals surface area (Å²) in [7, 11) is 0. The van der Waals surface area contributed by atoms with Gasteiger partial charge in [0, 0.05) is 0 Å². The van der Waals surface area contributed by atoms with Crippen LogP contribution in [0, 0.1) is 0 Å². The lowest BCUT2D eigenvalue weighted by Crippen LogP contribution is -1.87. The first-order valence-corrected chi connectivity index (χ1v) is 8.49. The third kappa shape index (κ3) is 13.6. The smallest absolute Gasteiger partial charge is 0.145 e. The highest BCUT2D eigenvalue weighted by Crippen LogP contribution is 2.12. The van der Waals surface area contributed by atoms with Gasteiger partial charge in [-0.2, -0.15) is 0 Å². The molecule has 0 heterocycles. The van der Waals surface area contributed by atoms with Gasteiger partial charge in [-0.1, -0.05) is 77.7 Å². The molecule has 19 heavy (non-hydrogen) atoms. The van der Waals surface area contributed by atoms with E-state index in [2.05, 4.69) is 19.9 Å². The van der Waals surface area contributed by atoms with Gasteiger partial charge < -0.3 is 0 Å². The van der Waals surface area contributed by atoms with Crippen LogP contribution >= 0.6 is 0 Å². The molecular weight excluding hydrogens is 232 g/mol. The Morgan fingerprint density at radius 2 is 1.26 bits per heavy atom. The molecular formula is C18H34O. The van der Waals surface area contributed by atoms with Crippen LogP contribution in [0.2, 0.25) is 0 Å². The van der Waals surface area contributed by atoms with E-state index in [-0.39, 0.29) is 0 Å². The maximum absolute atomic E-state index is 10.9. The Kier molecular flexibility index (Phi) is 15.0. The fourth-order valence-electron chi connectivity index (χ4n) is 2.35. The highest BCUT2D eigenvalue weighted by Gasteiger charge is 1.96. The minimum Gasteiger partial charge on any atom is -0.298 e. The van der Waals surface area contributed by atoms with Gasteiger partial charge in [0.25, 0.3) is 0 Å². The Morgan fingerprint density at radius 3 is 1.84 bits per heavy atom. The predicted octanol–water partition coefficient (Wildman–Crippen LogP) is 6.22. The molecule has 0 aromatic heterocycles. The molecule has 0 saturated carbocycles. The van der Waals surface area contributed by atoms with Crippen LogP contribution < -0.4 is 0 Å². The van der Waals surface area contributed by atoms with Crippen LogP contribution in [0.3, 0.4) is 0 Å². The first-order chi connectivity index (χ1) is 9.35. The van der Waals surface area contributed by atoms with E-state index in [0.29, 0.717) is 0 Å². The maximum Gasteiger partial charge on any atom is 0.145 e. The van der Waals surface area contributed by atoms with Gasteiger partial charge >= 0.3 is 0 Å². The van der Waals surface area contributed by atoms with Crippen molar-refractivity contribution >= 4 is 6.29 Å². The first kappa shape index (κ1) is 18.4. The van der Waals surface area contributed by atoms with E-state index < -0.39 is 0 Å². The van der Waals surface area contributed by atoms with Crippen LogP contribution in [-0.2, 0) is 4.79 Å². The summed E-state index contributed by atoms with van der Waals surface area (Å²) in [5.41, 5.74) is 1.03. The summed E-state index contributed by atoms with van der Waals surface area (Å²) in [6.07, 6.45) is 19.7. The largest absolute Gasteiger partial charge is 0.298 e. The van der Waals surface area contributed by atoms with Gasteiger partial charge in [-0.25, -0.2) is 0 Å². The van der Waals surface area contributed by atoms with Gasteiger partial charge in [-0.3, -0.25) is 4.79 Å². The van der Waals surface area contributed by atoms with Gasteiger partial charge in [0.05, 0.1) is 0 Å². The van der Waals surface area contributed by atoms with Crippen molar-refractivity contribution in [1.29, 1.82) is 0 Å². The molecule has 0 saturated heterocycles. The molecule has 0 bridgehead atoms. The van der Waals surface area contributed by atoms with Gasteiger partial charge in [0.15, 0.2) is 0 Å². The van der Waals surface area contributed by atoms with Crippen molar-refractivity contribution in [3.8, 4) is 0 Å². The molecule has 0 radical (unpaired) electrons. The molecule has 1 nitrogen and oxygen atoms in total. The second kappa shape index (κ2) is 15.5. The van der Waals surface area contributed by atoms with E-state index in [1.54, 1.807) is 0 Å². The minimum absolute atomic E-state index is 0.986. The number of unbranched alkanes of at least 4 members (excludes halogenated alkanes) is 10. The lowest BCUT2D eigenvalue weighted by Gasteiger charge is -2.01. The number of aldehydes is 1. The first-order valence-electron chi connectivity index (χ1n) is 8.49. The number of hydrogen-bond acceptors (Lipinski definition) is 1. The molecule has 0 rings (SSSR count). The molecule has 1 heteroatoms. The third-order valence-corrected chi connectivity index (χ3v) is 3.68. The SMILES string of the molecule is CCCCCCCCC/C=C(/C=O)CCCCCC. The molecule has 0 unspecified atom stereocenters. The standard InChI is InChI=1S/C18H34O/c1-3-5-7-9-10-11-12-14-16-18(17-19)15-13-8-6-4-2/h16-17H,3-15H2,1-2H3/b18-16+. The number of carbonyl (C=O) groups excluding carboxylic acids is 1. The molecule has 0 fully saturated rings. The van der Waals surface area contributed by atoms with Crippen molar-refractivity contribution in [2.75, 3.05) is 0 Å². The van der Waals surface area contributed by atoms with Crippen LogP contribution in [0.15, 0.2) is 11.6 Å². The lowest BCUT2D eigenvalue weighted by atomic mass is 10.0. The van der Waals surface area contributed by atoms with Crippen LogP contribution in [0.1, 0.15) is 97.3 Å². The predicted molar refractivity (Wildman–Crippen MR) is 85.5 cm³/mol. The Labute approximate surface area is 120 Å². The minimum atomic E-state index is 0.986. The van der Waals surface area contributed by atoms with Crippen molar-refractivity contribution in [2.24, 2.45) is 0 Å². The molecule has 0 aromatic carbocycles. The molecule has 0 spiro atoms. The summed E-state index contributed by atoms with van der Waals surface area (Å²) in [6, 6.07) is 0. The molecule has 0 aliphatic heterocycles.